The zero-order chi connectivity index (χ0) is 28.6. The maximum absolute atomic E-state index is 14.3. The van der Waals surface area contributed by atoms with Crippen molar-refractivity contribution in [2.24, 2.45) is 11.8 Å². The van der Waals surface area contributed by atoms with E-state index in [0.29, 0.717) is 29.1 Å². The molecule has 4 atom stereocenters. The van der Waals surface area contributed by atoms with Crippen molar-refractivity contribution >= 4 is 46.0 Å². The van der Waals surface area contributed by atoms with Crippen LogP contribution in [0.2, 0.25) is 0 Å². The summed E-state index contributed by atoms with van der Waals surface area (Å²) in [5.74, 6) is -3.00. The van der Waals surface area contributed by atoms with Crippen molar-refractivity contribution in [3.05, 3.63) is 89.1 Å². The summed E-state index contributed by atoms with van der Waals surface area (Å²) in [6.45, 7) is 5.19. The third-order valence-electron chi connectivity index (χ3n) is 8.64. The maximum Gasteiger partial charge on any atom is 0.308 e. The number of fused-ring (bicyclic) bond motifs is 5. The molecular formula is C32H28N4O5. The first-order chi connectivity index (χ1) is 19.7. The Morgan fingerprint density at radius 1 is 1.00 bits per heavy atom. The number of imide groups is 1. The molecule has 206 valence electrons. The summed E-state index contributed by atoms with van der Waals surface area (Å²) in [4.78, 5) is 58.3. The highest BCUT2D eigenvalue weighted by Crippen LogP contribution is 2.54. The number of esters is 1. The van der Waals surface area contributed by atoms with Gasteiger partial charge in [-0.2, -0.15) is 0 Å². The topological polar surface area (TPSA) is 121 Å². The van der Waals surface area contributed by atoms with Crippen molar-refractivity contribution in [2.75, 3.05) is 10.2 Å². The number of ether oxygens (including phenoxy) is 1. The third kappa shape index (κ3) is 3.58. The van der Waals surface area contributed by atoms with E-state index in [1.165, 1.54) is 11.8 Å². The lowest BCUT2D eigenvalue weighted by Crippen LogP contribution is -2.53. The quantitative estimate of drug-likeness (QED) is 0.202. The lowest BCUT2D eigenvalue weighted by atomic mass is 9.75. The number of carbonyl (C=O) groups is 4. The van der Waals surface area contributed by atoms with Crippen LogP contribution in [-0.2, 0) is 31.1 Å². The van der Waals surface area contributed by atoms with Crippen LogP contribution in [0.1, 0.15) is 29.2 Å². The molecule has 3 amide bonds. The molecule has 2 fully saturated rings. The third-order valence-corrected chi connectivity index (χ3v) is 8.64. The molecule has 0 saturated carbocycles. The summed E-state index contributed by atoms with van der Waals surface area (Å²) in [6.07, 6.45) is 2.37. The van der Waals surface area contributed by atoms with Crippen molar-refractivity contribution in [2.45, 2.75) is 38.8 Å². The molecule has 1 spiro atoms. The summed E-state index contributed by atoms with van der Waals surface area (Å²) in [7, 11) is 0. The van der Waals surface area contributed by atoms with Gasteiger partial charge >= 0.3 is 5.97 Å². The van der Waals surface area contributed by atoms with Crippen LogP contribution in [-0.4, -0.2) is 34.7 Å². The fraction of sp³-hybridized carbons (Fsp3) is 0.250. The van der Waals surface area contributed by atoms with E-state index in [9.17, 15) is 19.2 Å². The van der Waals surface area contributed by atoms with Gasteiger partial charge in [0.1, 0.15) is 11.3 Å². The Kier molecular flexibility index (Phi) is 5.46. The summed E-state index contributed by atoms with van der Waals surface area (Å²) >= 11 is 0. The number of nitrogens with one attached hydrogen (secondary N) is 3. The van der Waals surface area contributed by atoms with E-state index in [1.807, 2.05) is 56.4 Å². The fourth-order valence-electron chi connectivity index (χ4n) is 7.05. The molecule has 41 heavy (non-hydrogen) atoms. The zero-order valence-corrected chi connectivity index (χ0v) is 22.8. The van der Waals surface area contributed by atoms with Crippen LogP contribution in [0.25, 0.3) is 10.9 Å². The van der Waals surface area contributed by atoms with Gasteiger partial charge < -0.3 is 15.0 Å². The number of aryl methyl sites for hydroxylation is 2. The average Bonchev–Trinajstić information content (AvgIpc) is 3.64. The van der Waals surface area contributed by atoms with Gasteiger partial charge in [-0.3, -0.25) is 24.5 Å². The molecule has 4 heterocycles. The highest BCUT2D eigenvalue weighted by atomic mass is 16.5. The van der Waals surface area contributed by atoms with Gasteiger partial charge in [0.05, 0.1) is 17.5 Å². The lowest BCUT2D eigenvalue weighted by Gasteiger charge is -2.30. The van der Waals surface area contributed by atoms with E-state index in [4.69, 9.17) is 4.74 Å². The molecule has 4 aromatic rings. The highest BCUT2D eigenvalue weighted by molar-refractivity contribution is 6.26. The second-order valence-corrected chi connectivity index (χ2v) is 11.2. The van der Waals surface area contributed by atoms with E-state index in [0.717, 1.165) is 27.6 Å². The minimum absolute atomic E-state index is 0.311. The summed E-state index contributed by atoms with van der Waals surface area (Å²) in [5.41, 5.74) is 4.19. The van der Waals surface area contributed by atoms with Crippen LogP contribution in [0.3, 0.4) is 0 Å². The van der Waals surface area contributed by atoms with E-state index >= 15 is 0 Å². The smallest absolute Gasteiger partial charge is 0.308 e. The molecule has 3 aliphatic rings. The monoisotopic (exact) mass is 548 g/mol. The molecule has 9 nitrogen and oxygen atoms in total. The van der Waals surface area contributed by atoms with E-state index in [1.54, 1.807) is 24.3 Å². The molecule has 0 aliphatic carbocycles. The van der Waals surface area contributed by atoms with Crippen LogP contribution in [0.15, 0.2) is 66.9 Å². The Hall–Kier alpha value is -4.76. The summed E-state index contributed by atoms with van der Waals surface area (Å²) in [5, 5.41) is 7.60. The van der Waals surface area contributed by atoms with E-state index in [-0.39, 0.29) is 11.8 Å². The summed E-state index contributed by atoms with van der Waals surface area (Å²) < 4.78 is 5.13. The number of aromatic amines is 1. The van der Waals surface area contributed by atoms with Gasteiger partial charge in [0.25, 0.3) is 0 Å². The van der Waals surface area contributed by atoms with Gasteiger partial charge in [-0.15, -0.1) is 0 Å². The van der Waals surface area contributed by atoms with Gasteiger partial charge in [0, 0.05) is 41.3 Å². The van der Waals surface area contributed by atoms with E-state index in [2.05, 4.69) is 15.6 Å². The Bertz CT molecular complexity index is 1790. The van der Waals surface area contributed by atoms with Gasteiger partial charge in [-0.25, -0.2) is 4.90 Å². The number of rotatable bonds is 4. The number of amides is 3. The number of aromatic nitrogens is 1. The van der Waals surface area contributed by atoms with Crippen LogP contribution in [0, 0.1) is 25.7 Å². The maximum atomic E-state index is 14.3. The molecule has 1 aromatic heterocycles. The minimum Gasteiger partial charge on any atom is -0.427 e. The summed E-state index contributed by atoms with van der Waals surface area (Å²) in [6, 6.07) is 17.6. The number of hydrogen-bond acceptors (Lipinski definition) is 6. The standard InChI is InChI=1S/C32H28N4O5/c1-16-12-17(2)28-23(13-16)32(31(40)34-28)27-26(25(35-32)14-19-15-33-24-7-5-4-6-22(19)24)29(38)36(30(27)39)20-8-10-21(11-9-20)41-18(3)37/h4-13,15,25-27,33,35H,14H2,1-3H3,(H,34,40). The first kappa shape index (κ1) is 25.2. The average molecular weight is 549 g/mol. The molecular weight excluding hydrogens is 520 g/mol. The Labute approximate surface area is 235 Å². The second-order valence-electron chi connectivity index (χ2n) is 11.2. The zero-order valence-electron chi connectivity index (χ0n) is 22.8. The van der Waals surface area contributed by atoms with Crippen molar-refractivity contribution < 1.29 is 23.9 Å². The normalized spacial score (nSPS) is 24.7. The molecule has 9 heteroatoms. The molecule has 0 bridgehead atoms. The molecule has 3 aromatic carbocycles. The Balaban J connectivity index is 1.35. The lowest BCUT2D eigenvalue weighted by molar-refractivity contribution is -0.132. The predicted molar refractivity (Wildman–Crippen MR) is 152 cm³/mol. The first-order valence-corrected chi connectivity index (χ1v) is 13.6. The van der Waals surface area contributed by atoms with Crippen molar-refractivity contribution in [3.63, 3.8) is 0 Å². The van der Waals surface area contributed by atoms with Crippen LogP contribution >= 0.6 is 0 Å². The SMILES string of the molecule is CC(=O)Oc1ccc(N2C(=O)C3C(Cc4c[nH]c5ccccc45)NC4(C(=O)Nc5c(C)cc(C)cc54)C3C2=O)cc1. The fourth-order valence-corrected chi connectivity index (χ4v) is 7.05. The van der Waals surface area contributed by atoms with Crippen molar-refractivity contribution in [3.8, 4) is 5.75 Å². The van der Waals surface area contributed by atoms with E-state index < -0.39 is 35.3 Å². The van der Waals surface area contributed by atoms with Crippen molar-refractivity contribution in [1.82, 2.24) is 10.3 Å². The molecule has 7 rings (SSSR count). The minimum atomic E-state index is -1.40. The number of anilines is 2. The first-order valence-electron chi connectivity index (χ1n) is 13.6. The van der Waals surface area contributed by atoms with Crippen LogP contribution in [0.4, 0.5) is 11.4 Å². The van der Waals surface area contributed by atoms with Crippen LogP contribution in [0.5, 0.6) is 5.75 Å². The number of para-hydroxylation sites is 1. The van der Waals surface area contributed by atoms with Gasteiger partial charge in [-0.1, -0.05) is 35.9 Å². The largest absolute Gasteiger partial charge is 0.427 e. The van der Waals surface area contributed by atoms with Crippen molar-refractivity contribution in [1.29, 1.82) is 0 Å². The molecule has 3 N–H and O–H groups in total. The van der Waals surface area contributed by atoms with Gasteiger partial charge in [0.15, 0.2) is 0 Å². The van der Waals surface area contributed by atoms with Gasteiger partial charge in [-0.05, 0) is 61.7 Å². The number of H-pyrrole nitrogens is 1. The van der Waals surface area contributed by atoms with Gasteiger partial charge in [0.2, 0.25) is 17.7 Å². The number of benzene rings is 3. The molecule has 3 aliphatic heterocycles. The molecule has 4 unspecified atom stereocenters. The van der Waals surface area contributed by atoms with Crippen LogP contribution < -0.4 is 20.3 Å². The molecule has 2 saturated heterocycles. The Morgan fingerprint density at radius 3 is 2.51 bits per heavy atom. The number of carbonyl (C=O) groups excluding carboxylic acids is 4. The number of nitrogens with zero attached hydrogens (tertiary/aromatic N) is 1. The number of hydrogen-bond donors (Lipinski definition) is 3. The predicted octanol–water partition coefficient (Wildman–Crippen LogP) is 3.88. The molecule has 0 radical (unpaired) electrons. The Morgan fingerprint density at radius 2 is 1.76 bits per heavy atom. The highest BCUT2D eigenvalue weighted by Gasteiger charge is 2.70. The second kappa shape index (κ2) is 8.87.